The predicted octanol–water partition coefficient (Wildman–Crippen LogP) is 5.03. The van der Waals surface area contributed by atoms with Crippen molar-refractivity contribution in [1.82, 2.24) is 14.8 Å². The summed E-state index contributed by atoms with van der Waals surface area (Å²) in [5.41, 5.74) is 2.60. The SMILES string of the molecule is CCc1ccc(C(=O)Nc2ccccc2Sc2nc(Br)nn2CC)cc1. The molecule has 0 aliphatic heterocycles. The van der Waals surface area contributed by atoms with Crippen LogP contribution >= 0.6 is 27.7 Å². The summed E-state index contributed by atoms with van der Waals surface area (Å²) in [4.78, 5) is 17.9. The minimum Gasteiger partial charge on any atom is -0.321 e. The maximum atomic E-state index is 12.6. The van der Waals surface area contributed by atoms with Crippen molar-refractivity contribution in [1.29, 1.82) is 0 Å². The summed E-state index contributed by atoms with van der Waals surface area (Å²) >= 11 is 4.79. The third-order valence-corrected chi connectivity index (χ3v) is 5.27. The van der Waals surface area contributed by atoms with E-state index in [1.807, 2.05) is 60.1 Å². The molecule has 1 aromatic heterocycles. The molecule has 0 spiro atoms. The lowest BCUT2D eigenvalue weighted by molar-refractivity contribution is 0.102. The van der Waals surface area contributed by atoms with Crippen LogP contribution in [0.5, 0.6) is 0 Å². The molecule has 0 unspecified atom stereocenters. The highest BCUT2D eigenvalue weighted by atomic mass is 79.9. The maximum Gasteiger partial charge on any atom is 0.255 e. The normalized spacial score (nSPS) is 10.7. The minimum absolute atomic E-state index is 0.126. The number of aromatic nitrogens is 3. The molecule has 3 rings (SSSR count). The van der Waals surface area contributed by atoms with Gasteiger partial charge in [0, 0.05) is 17.0 Å². The van der Waals surface area contributed by atoms with Gasteiger partial charge in [-0.05, 0) is 70.9 Å². The monoisotopic (exact) mass is 430 g/mol. The fourth-order valence-corrected chi connectivity index (χ4v) is 3.88. The number of nitrogens with one attached hydrogen (secondary N) is 1. The second-order valence-electron chi connectivity index (χ2n) is 5.58. The lowest BCUT2D eigenvalue weighted by Gasteiger charge is -2.11. The molecule has 0 fully saturated rings. The number of hydrogen-bond donors (Lipinski definition) is 1. The highest BCUT2D eigenvalue weighted by molar-refractivity contribution is 9.10. The number of carbonyl (C=O) groups excluding carboxylic acids is 1. The number of amides is 1. The number of halogens is 1. The Kier molecular flexibility index (Phi) is 6.11. The number of hydrogen-bond acceptors (Lipinski definition) is 4. The second-order valence-corrected chi connectivity index (χ2v) is 7.30. The molecule has 134 valence electrons. The number of nitrogens with zero attached hydrogens (tertiary/aromatic N) is 3. The molecule has 0 aliphatic rings. The van der Waals surface area contributed by atoms with E-state index in [-0.39, 0.29) is 5.91 Å². The summed E-state index contributed by atoms with van der Waals surface area (Å²) in [7, 11) is 0. The third-order valence-electron chi connectivity index (χ3n) is 3.87. The smallest absolute Gasteiger partial charge is 0.255 e. The molecule has 2 aromatic carbocycles. The van der Waals surface area contributed by atoms with Gasteiger partial charge >= 0.3 is 0 Å². The molecule has 1 heterocycles. The van der Waals surface area contributed by atoms with Crippen molar-refractivity contribution in [3.63, 3.8) is 0 Å². The first-order chi connectivity index (χ1) is 12.6. The van der Waals surface area contributed by atoms with Crippen molar-refractivity contribution in [3.8, 4) is 0 Å². The summed E-state index contributed by atoms with van der Waals surface area (Å²) in [6.07, 6.45) is 0.953. The number of aryl methyl sites for hydroxylation is 2. The van der Waals surface area contributed by atoms with Crippen LogP contribution < -0.4 is 5.32 Å². The minimum atomic E-state index is -0.126. The van der Waals surface area contributed by atoms with Crippen LogP contribution in [0.15, 0.2) is 63.3 Å². The molecule has 0 aliphatic carbocycles. The molecule has 7 heteroatoms. The Morgan fingerprint density at radius 2 is 1.88 bits per heavy atom. The first-order valence-electron chi connectivity index (χ1n) is 8.38. The van der Waals surface area contributed by atoms with E-state index in [1.165, 1.54) is 17.3 Å². The summed E-state index contributed by atoms with van der Waals surface area (Å²) in [6, 6.07) is 15.4. The number of benzene rings is 2. The van der Waals surface area contributed by atoms with Crippen LogP contribution in [0, 0.1) is 0 Å². The Balaban J connectivity index is 1.81. The van der Waals surface area contributed by atoms with E-state index >= 15 is 0 Å². The zero-order chi connectivity index (χ0) is 18.5. The second kappa shape index (κ2) is 8.51. The van der Waals surface area contributed by atoms with Crippen LogP contribution in [0.3, 0.4) is 0 Å². The molecule has 26 heavy (non-hydrogen) atoms. The third kappa shape index (κ3) is 4.34. The van der Waals surface area contributed by atoms with Crippen molar-refractivity contribution >= 4 is 39.3 Å². The largest absolute Gasteiger partial charge is 0.321 e. The van der Waals surface area contributed by atoms with Gasteiger partial charge in [0.15, 0.2) is 5.16 Å². The van der Waals surface area contributed by atoms with E-state index in [9.17, 15) is 4.79 Å². The Morgan fingerprint density at radius 1 is 1.15 bits per heavy atom. The summed E-state index contributed by atoms with van der Waals surface area (Å²) in [6.45, 7) is 4.83. The molecular formula is C19H19BrN4OS. The van der Waals surface area contributed by atoms with Crippen LogP contribution in [0.2, 0.25) is 0 Å². The van der Waals surface area contributed by atoms with Gasteiger partial charge in [0.2, 0.25) is 4.73 Å². The highest BCUT2D eigenvalue weighted by Crippen LogP contribution is 2.33. The molecule has 5 nitrogen and oxygen atoms in total. The average molecular weight is 431 g/mol. The number of carbonyl (C=O) groups is 1. The van der Waals surface area contributed by atoms with Crippen LogP contribution in [-0.4, -0.2) is 20.7 Å². The predicted molar refractivity (Wildman–Crippen MR) is 108 cm³/mol. The van der Waals surface area contributed by atoms with Crippen LogP contribution in [-0.2, 0) is 13.0 Å². The van der Waals surface area contributed by atoms with Crippen molar-refractivity contribution in [2.75, 3.05) is 5.32 Å². The summed E-state index contributed by atoms with van der Waals surface area (Å²) in [5.74, 6) is -0.126. The van der Waals surface area contributed by atoms with Gasteiger partial charge < -0.3 is 5.32 Å². The molecule has 0 bridgehead atoms. The zero-order valence-electron chi connectivity index (χ0n) is 14.6. The van der Waals surface area contributed by atoms with E-state index < -0.39 is 0 Å². The quantitative estimate of drug-likeness (QED) is 0.595. The summed E-state index contributed by atoms with van der Waals surface area (Å²) < 4.78 is 2.37. The van der Waals surface area contributed by atoms with E-state index in [0.29, 0.717) is 10.3 Å². The van der Waals surface area contributed by atoms with E-state index in [2.05, 4.69) is 38.3 Å². The fourth-order valence-electron chi connectivity index (χ4n) is 2.43. The van der Waals surface area contributed by atoms with Crippen molar-refractivity contribution in [3.05, 3.63) is 64.4 Å². The van der Waals surface area contributed by atoms with Crippen LogP contribution in [0.1, 0.15) is 29.8 Å². The first kappa shape index (κ1) is 18.7. The van der Waals surface area contributed by atoms with E-state index in [0.717, 1.165) is 28.7 Å². The molecule has 1 amide bonds. The molecule has 0 radical (unpaired) electrons. The van der Waals surface area contributed by atoms with Crippen LogP contribution in [0.4, 0.5) is 5.69 Å². The van der Waals surface area contributed by atoms with Gasteiger partial charge in [-0.1, -0.05) is 31.2 Å². The van der Waals surface area contributed by atoms with Gasteiger partial charge in [-0.3, -0.25) is 4.79 Å². The Labute approximate surface area is 165 Å². The Hall–Kier alpha value is -2.12. The lowest BCUT2D eigenvalue weighted by Crippen LogP contribution is -2.12. The number of anilines is 1. The van der Waals surface area contributed by atoms with Gasteiger partial charge in [0.25, 0.3) is 5.91 Å². The summed E-state index contributed by atoms with van der Waals surface area (Å²) in [5, 5.41) is 8.07. The standard InChI is InChI=1S/C19H19BrN4OS/c1-3-13-9-11-14(12-10-13)17(25)21-15-7-5-6-8-16(15)26-19-22-18(20)23-24(19)4-2/h5-12H,3-4H2,1-2H3,(H,21,25). The van der Waals surface area contributed by atoms with Crippen LogP contribution in [0.25, 0.3) is 0 Å². The Bertz CT molecular complexity index is 908. The molecule has 0 saturated carbocycles. The topological polar surface area (TPSA) is 59.8 Å². The number of para-hydroxylation sites is 1. The van der Waals surface area contributed by atoms with Gasteiger partial charge in [0.1, 0.15) is 0 Å². The van der Waals surface area contributed by atoms with Gasteiger partial charge in [-0.25, -0.2) is 4.68 Å². The molecular weight excluding hydrogens is 412 g/mol. The van der Waals surface area contributed by atoms with E-state index in [1.54, 1.807) is 0 Å². The highest BCUT2D eigenvalue weighted by Gasteiger charge is 2.13. The van der Waals surface area contributed by atoms with Gasteiger partial charge in [0.05, 0.1) is 5.69 Å². The first-order valence-corrected chi connectivity index (χ1v) is 9.99. The van der Waals surface area contributed by atoms with Crippen molar-refractivity contribution in [2.24, 2.45) is 0 Å². The van der Waals surface area contributed by atoms with Crippen molar-refractivity contribution in [2.45, 2.75) is 36.9 Å². The van der Waals surface area contributed by atoms with Gasteiger partial charge in [-0.15, -0.1) is 5.10 Å². The lowest BCUT2D eigenvalue weighted by atomic mass is 10.1. The number of rotatable bonds is 6. The average Bonchev–Trinajstić information content (AvgIpc) is 3.02. The molecule has 0 atom stereocenters. The molecule has 1 N–H and O–H groups in total. The Morgan fingerprint density at radius 3 is 2.58 bits per heavy atom. The zero-order valence-corrected chi connectivity index (χ0v) is 17.0. The maximum absolute atomic E-state index is 12.6. The fraction of sp³-hybridized carbons (Fsp3) is 0.211. The van der Waals surface area contributed by atoms with Crippen molar-refractivity contribution < 1.29 is 4.79 Å². The van der Waals surface area contributed by atoms with Gasteiger partial charge in [-0.2, -0.15) is 4.98 Å². The van der Waals surface area contributed by atoms with E-state index in [4.69, 9.17) is 0 Å². The molecule has 3 aromatic rings. The molecule has 0 saturated heterocycles.